The van der Waals surface area contributed by atoms with Gasteiger partial charge in [-0.2, -0.15) is 0 Å². The third-order valence-electron chi connectivity index (χ3n) is 1.16. The fraction of sp³-hybridized carbons (Fsp3) is 0.333. The number of rotatable bonds is 1. The van der Waals surface area contributed by atoms with E-state index in [4.69, 9.17) is 5.11 Å². The van der Waals surface area contributed by atoms with Crippen molar-refractivity contribution in [2.75, 3.05) is 0 Å². The van der Waals surface area contributed by atoms with Crippen LogP contribution in [0.25, 0.3) is 0 Å². The van der Waals surface area contributed by atoms with E-state index in [9.17, 15) is 9.59 Å². The molecule has 1 aliphatic heterocycles. The van der Waals surface area contributed by atoms with Crippen LogP contribution in [0.3, 0.4) is 0 Å². The lowest BCUT2D eigenvalue weighted by molar-refractivity contribution is -0.149. The highest BCUT2D eigenvalue weighted by Gasteiger charge is 2.23. The van der Waals surface area contributed by atoms with Crippen LogP contribution in [0.15, 0.2) is 12.3 Å². The summed E-state index contributed by atoms with van der Waals surface area (Å²) in [4.78, 5) is 20.7. The molecule has 1 N–H and O–H groups in total. The molecule has 0 aliphatic carbocycles. The maximum absolute atomic E-state index is 10.5. The van der Waals surface area contributed by atoms with Gasteiger partial charge >= 0.3 is 5.97 Å². The molecule has 0 spiro atoms. The smallest absolute Gasteiger partial charge is 0.345 e. The summed E-state index contributed by atoms with van der Waals surface area (Å²) in [5, 5.41) is 8.34. The van der Waals surface area contributed by atoms with Crippen molar-refractivity contribution in [3.05, 3.63) is 12.3 Å². The van der Waals surface area contributed by atoms with Crippen LogP contribution >= 0.6 is 0 Å². The molecule has 1 heterocycles. The van der Waals surface area contributed by atoms with Crippen molar-refractivity contribution in [2.24, 2.45) is 0 Å². The summed E-state index contributed by atoms with van der Waals surface area (Å²) in [6.07, 6.45) is 1.29. The molecule has 54 valence electrons. The van der Waals surface area contributed by atoms with Crippen molar-refractivity contribution in [2.45, 2.75) is 12.5 Å². The van der Waals surface area contributed by atoms with Gasteiger partial charge in [0.2, 0.25) is 6.10 Å². The molecule has 0 saturated heterocycles. The monoisotopic (exact) mass is 142 g/mol. The van der Waals surface area contributed by atoms with E-state index in [1.807, 2.05) is 0 Å². The van der Waals surface area contributed by atoms with Gasteiger partial charge in [0.25, 0.3) is 0 Å². The first-order valence-electron chi connectivity index (χ1n) is 2.78. The molecule has 0 amide bonds. The molecule has 0 aromatic rings. The number of ketones is 1. The average Bonchev–Trinajstić information content (AvgIpc) is 1.88. The second-order valence-corrected chi connectivity index (χ2v) is 1.94. The minimum absolute atomic E-state index is 0.0637. The minimum atomic E-state index is -1.10. The van der Waals surface area contributed by atoms with Crippen LogP contribution in [0, 0.1) is 0 Å². The van der Waals surface area contributed by atoms with Crippen molar-refractivity contribution < 1.29 is 19.4 Å². The fourth-order valence-corrected chi connectivity index (χ4v) is 0.654. The number of hydrogen-bond donors (Lipinski definition) is 1. The van der Waals surface area contributed by atoms with Crippen LogP contribution in [0.1, 0.15) is 6.42 Å². The molecular weight excluding hydrogens is 136 g/mol. The zero-order valence-corrected chi connectivity index (χ0v) is 5.11. The summed E-state index contributed by atoms with van der Waals surface area (Å²) >= 11 is 0. The Morgan fingerprint density at radius 1 is 1.80 bits per heavy atom. The zero-order chi connectivity index (χ0) is 7.56. The molecule has 0 fully saturated rings. The maximum Gasteiger partial charge on any atom is 0.345 e. The van der Waals surface area contributed by atoms with E-state index >= 15 is 0 Å². The summed E-state index contributed by atoms with van der Waals surface area (Å²) in [6, 6.07) is 0. The highest BCUT2D eigenvalue weighted by Crippen LogP contribution is 2.06. The van der Waals surface area contributed by atoms with E-state index in [0.717, 1.165) is 6.26 Å². The number of carbonyl (C=O) groups is 2. The first-order valence-corrected chi connectivity index (χ1v) is 2.78. The Labute approximate surface area is 57.1 Å². The second-order valence-electron chi connectivity index (χ2n) is 1.94. The Morgan fingerprint density at radius 3 is 2.90 bits per heavy atom. The molecule has 0 saturated carbocycles. The predicted octanol–water partition coefficient (Wildman–Crippen LogP) is -0.0573. The normalized spacial score (nSPS) is 24.0. The van der Waals surface area contributed by atoms with Crippen LogP contribution in [0.5, 0.6) is 0 Å². The Balaban J connectivity index is 2.60. The molecule has 4 nitrogen and oxygen atoms in total. The maximum atomic E-state index is 10.5. The Bertz CT molecular complexity index is 194. The summed E-state index contributed by atoms with van der Waals surface area (Å²) in [6.45, 7) is 0. The van der Waals surface area contributed by atoms with Gasteiger partial charge < -0.3 is 9.84 Å². The SMILES string of the molecule is O=C1C=COC(C(=O)O)C1. The standard InChI is InChI=1S/C6H6O4/c7-4-1-2-10-5(3-4)6(8)9/h1-2,5H,3H2,(H,8,9). The lowest BCUT2D eigenvalue weighted by Crippen LogP contribution is -2.27. The molecule has 4 heteroatoms. The van der Waals surface area contributed by atoms with Gasteiger partial charge in [0, 0.05) is 6.08 Å². The molecule has 0 aromatic carbocycles. The number of carboxylic acids is 1. The van der Waals surface area contributed by atoms with Crippen molar-refractivity contribution in [3.63, 3.8) is 0 Å². The molecule has 1 rings (SSSR count). The van der Waals surface area contributed by atoms with E-state index < -0.39 is 12.1 Å². The zero-order valence-electron chi connectivity index (χ0n) is 5.11. The predicted molar refractivity (Wildman–Crippen MR) is 31.3 cm³/mol. The second kappa shape index (κ2) is 2.51. The Morgan fingerprint density at radius 2 is 2.50 bits per heavy atom. The van der Waals surface area contributed by atoms with Gasteiger partial charge in [0.1, 0.15) is 0 Å². The van der Waals surface area contributed by atoms with Gasteiger partial charge in [-0.1, -0.05) is 0 Å². The summed E-state index contributed by atoms with van der Waals surface area (Å²) in [5.41, 5.74) is 0. The van der Waals surface area contributed by atoms with Gasteiger partial charge in [0.05, 0.1) is 12.7 Å². The summed E-state index contributed by atoms with van der Waals surface area (Å²) < 4.78 is 4.61. The third kappa shape index (κ3) is 1.34. The average molecular weight is 142 g/mol. The van der Waals surface area contributed by atoms with E-state index in [2.05, 4.69) is 4.74 Å². The quantitative estimate of drug-likeness (QED) is 0.557. The molecular formula is C6H6O4. The van der Waals surface area contributed by atoms with E-state index in [0.29, 0.717) is 0 Å². The third-order valence-corrected chi connectivity index (χ3v) is 1.16. The summed E-state index contributed by atoms with van der Waals surface area (Å²) in [7, 11) is 0. The van der Waals surface area contributed by atoms with Gasteiger partial charge in [-0.05, 0) is 0 Å². The van der Waals surface area contributed by atoms with Crippen LogP contribution in [0.2, 0.25) is 0 Å². The molecule has 0 radical (unpaired) electrons. The number of carboxylic acid groups (broad SMARTS) is 1. The Kier molecular flexibility index (Phi) is 1.71. The van der Waals surface area contributed by atoms with Crippen molar-refractivity contribution >= 4 is 11.8 Å². The molecule has 0 aromatic heterocycles. The minimum Gasteiger partial charge on any atom is -0.486 e. The number of carbonyl (C=O) groups excluding carboxylic acids is 1. The first-order chi connectivity index (χ1) is 4.70. The van der Waals surface area contributed by atoms with Crippen LogP contribution < -0.4 is 0 Å². The molecule has 1 unspecified atom stereocenters. The Hall–Kier alpha value is -1.32. The lowest BCUT2D eigenvalue weighted by atomic mass is 10.1. The summed E-state index contributed by atoms with van der Waals surface area (Å²) in [5.74, 6) is -1.31. The molecule has 10 heavy (non-hydrogen) atoms. The van der Waals surface area contributed by atoms with Crippen molar-refractivity contribution in [3.8, 4) is 0 Å². The lowest BCUT2D eigenvalue weighted by Gasteiger charge is -2.12. The fourth-order valence-electron chi connectivity index (χ4n) is 0.654. The largest absolute Gasteiger partial charge is 0.486 e. The van der Waals surface area contributed by atoms with Crippen molar-refractivity contribution in [1.82, 2.24) is 0 Å². The van der Waals surface area contributed by atoms with Crippen LogP contribution in [-0.2, 0) is 14.3 Å². The molecule has 0 bridgehead atoms. The topological polar surface area (TPSA) is 63.6 Å². The number of hydrogen-bond acceptors (Lipinski definition) is 3. The van der Waals surface area contributed by atoms with E-state index in [1.54, 1.807) is 0 Å². The van der Waals surface area contributed by atoms with Gasteiger partial charge in [0.15, 0.2) is 5.78 Å². The van der Waals surface area contributed by atoms with Crippen LogP contribution in [-0.4, -0.2) is 23.0 Å². The highest BCUT2D eigenvalue weighted by atomic mass is 16.5. The number of aliphatic carboxylic acids is 1. The molecule has 1 aliphatic rings. The first kappa shape index (κ1) is 6.80. The van der Waals surface area contributed by atoms with E-state index in [1.165, 1.54) is 6.08 Å². The van der Waals surface area contributed by atoms with Gasteiger partial charge in [-0.3, -0.25) is 4.79 Å². The number of allylic oxidation sites excluding steroid dienone is 1. The highest BCUT2D eigenvalue weighted by molar-refractivity contribution is 5.93. The van der Waals surface area contributed by atoms with Gasteiger partial charge in [-0.15, -0.1) is 0 Å². The van der Waals surface area contributed by atoms with Gasteiger partial charge in [-0.25, -0.2) is 4.79 Å². The van der Waals surface area contributed by atoms with Crippen LogP contribution in [0.4, 0.5) is 0 Å². The van der Waals surface area contributed by atoms with E-state index in [-0.39, 0.29) is 12.2 Å². The van der Waals surface area contributed by atoms with Crippen molar-refractivity contribution in [1.29, 1.82) is 0 Å². The number of ether oxygens (including phenoxy) is 1. The molecule has 1 atom stereocenters.